The zero-order valence-electron chi connectivity index (χ0n) is 9.38. The van der Waals surface area contributed by atoms with Gasteiger partial charge in [-0.15, -0.1) is 24.0 Å². The van der Waals surface area contributed by atoms with E-state index in [1.54, 1.807) is 6.92 Å². The SMILES string of the molecule is Cc1noc(CN=C(N)N(C)C2CC2)n1.I. The third-order valence-corrected chi connectivity index (χ3v) is 2.40. The number of nitrogens with zero attached hydrogens (tertiary/aromatic N) is 4. The van der Waals surface area contributed by atoms with Crippen LogP contribution < -0.4 is 5.73 Å². The standard InChI is InChI=1S/C9H15N5O.HI/c1-6-12-8(15-13-6)5-11-9(10)14(2)7-3-4-7;/h7H,3-5H2,1-2H3,(H2,10,11);1H. The van der Waals surface area contributed by atoms with Crippen molar-refractivity contribution in [2.75, 3.05) is 7.05 Å². The highest BCUT2D eigenvalue weighted by atomic mass is 127. The lowest BCUT2D eigenvalue weighted by Crippen LogP contribution is -2.35. The van der Waals surface area contributed by atoms with Crippen LogP contribution in [-0.2, 0) is 6.54 Å². The van der Waals surface area contributed by atoms with E-state index in [9.17, 15) is 0 Å². The maximum atomic E-state index is 5.80. The molecule has 0 amide bonds. The Balaban J connectivity index is 0.00000128. The van der Waals surface area contributed by atoms with E-state index in [1.807, 2.05) is 11.9 Å². The Hall–Kier alpha value is -0.860. The molecule has 7 heteroatoms. The maximum absolute atomic E-state index is 5.80. The van der Waals surface area contributed by atoms with Crippen molar-refractivity contribution in [3.8, 4) is 0 Å². The van der Waals surface area contributed by atoms with Gasteiger partial charge in [0.2, 0.25) is 5.89 Å². The second kappa shape index (κ2) is 5.46. The van der Waals surface area contributed by atoms with Crippen molar-refractivity contribution >= 4 is 29.9 Å². The summed E-state index contributed by atoms with van der Waals surface area (Å²) >= 11 is 0. The van der Waals surface area contributed by atoms with Gasteiger partial charge in [-0.1, -0.05) is 5.16 Å². The molecule has 6 nitrogen and oxygen atoms in total. The highest BCUT2D eigenvalue weighted by molar-refractivity contribution is 14.0. The van der Waals surface area contributed by atoms with E-state index in [-0.39, 0.29) is 24.0 Å². The lowest BCUT2D eigenvalue weighted by atomic mass is 10.6. The summed E-state index contributed by atoms with van der Waals surface area (Å²) in [7, 11) is 1.95. The van der Waals surface area contributed by atoms with E-state index < -0.39 is 0 Å². The predicted molar refractivity (Wildman–Crippen MR) is 70.6 cm³/mol. The first-order valence-electron chi connectivity index (χ1n) is 4.99. The van der Waals surface area contributed by atoms with E-state index in [1.165, 1.54) is 12.8 Å². The molecule has 0 radical (unpaired) electrons. The Kier molecular flexibility index (Phi) is 4.51. The van der Waals surface area contributed by atoms with E-state index in [4.69, 9.17) is 10.3 Å². The van der Waals surface area contributed by atoms with Crippen LogP contribution in [0.25, 0.3) is 0 Å². The van der Waals surface area contributed by atoms with Crippen molar-refractivity contribution in [2.24, 2.45) is 10.7 Å². The first kappa shape index (κ1) is 13.2. The van der Waals surface area contributed by atoms with Crippen molar-refractivity contribution in [3.05, 3.63) is 11.7 Å². The van der Waals surface area contributed by atoms with Crippen LogP contribution in [0, 0.1) is 6.92 Å². The molecule has 90 valence electrons. The average molecular weight is 337 g/mol. The molecule has 0 bridgehead atoms. The zero-order valence-corrected chi connectivity index (χ0v) is 11.7. The molecule has 1 aliphatic rings. The summed E-state index contributed by atoms with van der Waals surface area (Å²) in [5.41, 5.74) is 5.80. The van der Waals surface area contributed by atoms with Crippen molar-refractivity contribution in [3.63, 3.8) is 0 Å². The van der Waals surface area contributed by atoms with Crippen LogP contribution >= 0.6 is 24.0 Å². The number of aliphatic imine (C=N–C) groups is 1. The monoisotopic (exact) mass is 337 g/mol. The van der Waals surface area contributed by atoms with E-state index in [0.717, 1.165) is 0 Å². The Labute approximate surface area is 111 Å². The molecule has 1 saturated carbocycles. The molecule has 0 unspecified atom stereocenters. The van der Waals surface area contributed by atoms with Crippen LogP contribution in [0.5, 0.6) is 0 Å². The van der Waals surface area contributed by atoms with Crippen LogP contribution in [0.4, 0.5) is 0 Å². The van der Waals surface area contributed by atoms with Gasteiger partial charge in [0.05, 0.1) is 0 Å². The summed E-state index contributed by atoms with van der Waals surface area (Å²) in [6.45, 7) is 2.13. The molecule has 0 spiro atoms. The third-order valence-electron chi connectivity index (χ3n) is 2.40. The van der Waals surface area contributed by atoms with Gasteiger partial charge >= 0.3 is 0 Å². The molecule has 0 saturated heterocycles. The summed E-state index contributed by atoms with van der Waals surface area (Å²) in [6, 6.07) is 0.568. The van der Waals surface area contributed by atoms with Gasteiger partial charge < -0.3 is 15.2 Å². The average Bonchev–Trinajstić information content (AvgIpc) is 2.98. The number of halogens is 1. The number of aromatic nitrogens is 2. The van der Waals surface area contributed by atoms with Gasteiger partial charge in [0.1, 0.15) is 6.54 Å². The molecule has 1 aromatic rings. The minimum absolute atomic E-state index is 0. The largest absolute Gasteiger partial charge is 0.370 e. The topological polar surface area (TPSA) is 80.5 Å². The minimum Gasteiger partial charge on any atom is -0.370 e. The Morgan fingerprint density at radius 3 is 2.81 bits per heavy atom. The van der Waals surface area contributed by atoms with Crippen molar-refractivity contribution in [1.82, 2.24) is 15.0 Å². The van der Waals surface area contributed by atoms with Gasteiger partial charge in [-0.05, 0) is 19.8 Å². The van der Waals surface area contributed by atoms with E-state index in [2.05, 4.69) is 15.1 Å². The van der Waals surface area contributed by atoms with Crippen molar-refractivity contribution in [1.29, 1.82) is 0 Å². The second-order valence-corrected chi connectivity index (χ2v) is 3.75. The molecule has 0 atom stereocenters. The first-order chi connectivity index (χ1) is 7.16. The highest BCUT2D eigenvalue weighted by Crippen LogP contribution is 2.24. The van der Waals surface area contributed by atoms with E-state index in [0.29, 0.717) is 30.3 Å². The maximum Gasteiger partial charge on any atom is 0.248 e. The fourth-order valence-electron chi connectivity index (χ4n) is 1.31. The smallest absolute Gasteiger partial charge is 0.248 e. The molecule has 0 aromatic carbocycles. The van der Waals surface area contributed by atoms with Gasteiger partial charge in [0.25, 0.3) is 0 Å². The van der Waals surface area contributed by atoms with Gasteiger partial charge in [-0.25, -0.2) is 4.99 Å². The van der Waals surface area contributed by atoms with Crippen LogP contribution in [0.2, 0.25) is 0 Å². The Bertz CT molecular complexity index is 374. The molecule has 1 fully saturated rings. The molecular weight excluding hydrogens is 321 g/mol. The number of nitrogens with two attached hydrogens (primary N) is 1. The lowest BCUT2D eigenvalue weighted by molar-refractivity contribution is 0.375. The summed E-state index contributed by atoms with van der Waals surface area (Å²) < 4.78 is 4.93. The van der Waals surface area contributed by atoms with Crippen LogP contribution in [0.3, 0.4) is 0 Å². The molecule has 1 aliphatic carbocycles. The van der Waals surface area contributed by atoms with E-state index >= 15 is 0 Å². The quantitative estimate of drug-likeness (QED) is 0.504. The second-order valence-electron chi connectivity index (χ2n) is 3.75. The van der Waals surface area contributed by atoms with Crippen LogP contribution in [-0.4, -0.2) is 34.1 Å². The summed E-state index contributed by atoms with van der Waals surface area (Å²) in [5.74, 6) is 1.65. The summed E-state index contributed by atoms with van der Waals surface area (Å²) in [6.07, 6.45) is 2.40. The van der Waals surface area contributed by atoms with Crippen LogP contribution in [0.15, 0.2) is 9.52 Å². The zero-order chi connectivity index (χ0) is 10.8. The number of hydrogen-bond donors (Lipinski definition) is 1. The number of guanidine groups is 1. The van der Waals surface area contributed by atoms with Gasteiger partial charge in [-0.2, -0.15) is 4.98 Å². The van der Waals surface area contributed by atoms with Crippen molar-refractivity contribution in [2.45, 2.75) is 32.4 Å². The fraction of sp³-hybridized carbons (Fsp3) is 0.667. The molecule has 16 heavy (non-hydrogen) atoms. The Morgan fingerprint density at radius 1 is 1.62 bits per heavy atom. The highest BCUT2D eigenvalue weighted by Gasteiger charge is 2.27. The number of aryl methyl sites for hydroxylation is 1. The van der Waals surface area contributed by atoms with Gasteiger partial charge in [0.15, 0.2) is 11.8 Å². The molecule has 1 aromatic heterocycles. The van der Waals surface area contributed by atoms with Gasteiger partial charge in [0, 0.05) is 13.1 Å². The molecule has 0 aliphatic heterocycles. The summed E-state index contributed by atoms with van der Waals surface area (Å²) in [5, 5.41) is 3.68. The van der Waals surface area contributed by atoms with Gasteiger partial charge in [-0.3, -0.25) is 0 Å². The molecular formula is C9H16IN5O. The van der Waals surface area contributed by atoms with Crippen LogP contribution in [0.1, 0.15) is 24.6 Å². The molecule has 2 N–H and O–H groups in total. The fourth-order valence-corrected chi connectivity index (χ4v) is 1.31. The molecule has 2 rings (SSSR count). The first-order valence-corrected chi connectivity index (χ1v) is 4.99. The van der Waals surface area contributed by atoms with Crippen molar-refractivity contribution < 1.29 is 4.52 Å². The Morgan fingerprint density at radius 2 is 2.31 bits per heavy atom. The minimum atomic E-state index is 0. The number of hydrogen-bond acceptors (Lipinski definition) is 4. The summed E-state index contributed by atoms with van der Waals surface area (Å²) in [4.78, 5) is 10.2. The lowest BCUT2D eigenvalue weighted by Gasteiger charge is -2.16. The predicted octanol–water partition coefficient (Wildman–Crippen LogP) is 0.905. The normalized spacial score (nSPS) is 15.8. The number of rotatable bonds is 3. The third kappa shape index (κ3) is 3.32. The molecule has 1 heterocycles.